The first kappa shape index (κ1) is 26.8. The molecule has 0 spiro atoms. The molecule has 0 saturated heterocycles. The molecule has 9 nitrogen and oxygen atoms in total. The van der Waals surface area contributed by atoms with Crippen molar-refractivity contribution < 1.29 is 38.5 Å². The number of carboxylic acid groups (broad SMARTS) is 1. The van der Waals surface area contributed by atoms with Crippen LogP contribution in [0.25, 0.3) is 0 Å². The summed E-state index contributed by atoms with van der Waals surface area (Å²) in [6.07, 6.45) is 0.123. The summed E-state index contributed by atoms with van der Waals surface area (Å²) in [4.78, 5) is 40.5. The Morgan fingerprint density at radius 1 is 0.960 bits per heavy atom. The smallest absolute Gasteiger partial charge is 0.404 e. The molecule has 0 unspecified atom stereocenters. The van der Waals surface area contributed by atoms with Crippen molar-refractivity contribution in [2.24, 2.45) is 5.73 Å². The summed E-state index contributed by atoms with van der Waals surface area (Å²) in [5.74, 6) is -1.96. The van der Waals surface area contributed by atoms with Crippen LogP contribution in [0.2, 0.25) is 0 Å². The molecular formula is C16H25NO8. The Labute approximate surface area is 146 Å². The third-order valence-electron chi connectivity index (χ3n) is 1.71. The maximum absolute atomic E-state index is 10.8. The van der Waals surface area contributed by atoms with Gasteiger partial charge in [-0.1, -0.05) is 19.7 Å². The summed E-state index contributed by atoms with van der Waals surface area (Å²) >= 11 is 0. The zero-order valence-corrected chi connectivity index (χ0v) is 14.7. The minimum absolute atomic E-state index is 0.0325. The molecule has 0 aliphatic heterocycles. The van der Waals surface area contributed by atoms with Crippen LogP contribution in [0.1, 0.15) is 20.8 Å². The van der Waals surface area contributed by atoms with Crippen LogP contribution in [0, 0.1) is 0 Å². The van der Waals surface area contributed by atoms with Crippen molar-refractivity contribution in [3.63, 3.8) is 0 Å². The van der Waals surface area contributed by atoms with E-state index in [0.29, 0.717) is 17.8 Å². The van der Waals surface area contributed by atoms with Crippen LogP contribution in [0.4, 0.5) is 4.79 Å². The van der Waals surface area contributed by atoms with Gasteiger partial charge in [0.25, 0.3) is 0 Å². The van der Waals surface area contributed by atoms with E-state index >= 15 is 0 Å². The Kier molecular flexibility index (Phi) is 18.5. The molecule has 0 aromatic heterocycles. The van der Waals surface area contributed by atoms with Gasteiger partial charge in [-0.05, 0) is 20.8 Å². The predicted octanol–water partition coefficient (Wildman–Crippen LogP) is 1.58. The first-order chi connectivity index (χ1) is 11.5. The molecule has 0 heterocycles. The number of primary amides is 1. The van der Waals surface area contributed by atoms with Crippen LogP contribution in [0.15, 0.2) is 37.0 Å². The van der Waals surface area contributed by atoms with Gasteiger partial charge in [0, 0.05) is 17.2 Å². The first-order valence-electron chi connectivity index (χ1n) is 6.92. The zero-order chi connectivity index (χ0) is 20.4. The molecule has 0 radical (unpaired) electrons. The molecule has 0 fully saturated rings. The second kappa shape index (κ2) is 17.3. The lowest BCUT2D eigenvalue weighted by atomic mass is 10.4. The molecule has 0 rings (SSSR count). The van der Waals surface area contributed by atoms with E-state index in [1.54, 1.807) is 20.8 Å². The maximum atomic E-state index is 10.8. The van der Waals surface area contributed by atoms with E-state index in [1.807, 2.05) is 0 Å². The summed E-state index contributed by atoms with van der Waals surface area (Å²) in [7, 11) is 0. The molecule has 25 heavy (non-hydrogen) atoms. The average molecular weight is 359 g/mol. The number of carbonyl (C=O) groups excluding carboxylic acids is 3. The number of hydrogen-bond acceptors (Lipinski definition) is 7. The van der Waals surface area contributed by atoms with E-state index in [2.05, 4.69) is 39.7 Å². The summed E-state index contributed by atoms with van der Waals surface area (Å²) < 4.78 is 13.6. The number of nitrogens with two attached hydrogens (primary N) is 1. The molecule has 0 atom stereocenters. The van der Waals surface area contributed by atoms with Gasteiger partial charge in [-0.25, -0.2) is 19.2 Å². The summed E-state index contributed by atoms with van der Waals surface area (Å²) in [6.45, 7) is 15.0. The molecule has 0 bridgehead atoms. The molecule has 3 N–H and O–H groups in total. The van der Waals surface area contributed by atoms with Crippen LogP contribution >= 0.6 is 0 Å². The van der Waals surface area contributed by atoms with Crippen molar-refractivity contribution in [3.8, 4) is 0 Å². The van der Waals surface area contributed by atoms with E-state index in [0.717, 1.165) is 6.08 Å². The van der Waals surface area contributed by atoms with Crippen molar-refractivity contribution >= 4 is 24.0 Å². The first-order valence-corrected chi connectivity index (χ1v) is 6.92. The molecular weight excluding hydrogens is 334 g/mol. The fourth-order valence-electron chi connectivity index (χ4n) is 0.657. The highest BCUT2D eigenvalue weighted by atomic mass is 16.6. The number of carbonyl (C=O) groups is 4. The zero-order valence-electron chi connectivity index (χ0n) is 14.7. The van der Waals surface area contributed by atoms with Crippen molar-refractivity contribution in [1.29, 1.82) is 0 Å². The van der Waals surface area contributed by atoms with Crippen LogP contribution in [-0.4, -0.2) is 48.9 Å². The fraction of sp³-hybridized carbons (Fsp3) is 0.375. The number of carboxylic acids is 1. The lowest BCUT2D eigenvalue weighted by molar-refractivity contribution is -0.147. The quantitative estimate of drug-likeness (QED) is 0.302. The van der Waals surface area contributed by atoms with E-state index < -0.39 is 24.0 Å². The van der Waals surface area contributed by atoms with Gasteiger partial charge in [0.2, 0.25) is 0 Å². The molecule has 142 valence electrons. The number of rotatable bonds is 7. The largest absolute Gasteiger partial charge is 0.478 e. The monoisotopic (exact) mass is 359 g/mol. The SMILES string of the molecule is C=C(C)C(=O)OCCOC(=O)C(=C)C.C=CC(=O)O.CCOC(N)=O. The second-order valence-electron chi connectivity index (χ2n) is 4.13. The number of hydrogen-bond donors (Lipinski definition) is 2. The predicted molar refractivity (Wildman–Crippen MR) is 90.6 cm³/mol. The van der Waals surface area contributed by atoms with Gasteiger partial charge in [0.1, 0.15) is 13.2 Å². The number of amides is 1. The Hall–Kier alpha value is -3.10. The Bertz CT molecular complexity index is 468. The lowest BCUT2D eigenvalue weighted by Crippen LogP contribution is -2.14. The Balaban J connectivity index is -0.000000362. The number of ether oxygens (including phenoxy) is 3. The number of aliphatic carboxylic acids is 1. The summed E-state index contributed by atoms with van der Waals surface area (Å²) in [5, 5.41) is 7.60. The highest BCUT2D eigenvalue weighted by Crippen LogP contribution is 1.94. The van der Waals surface area contributed by atoms with Crippen LogP contribution in [-0.2, 0) is 28.6 Å². The average Bonchev–Trinajstić information content (AvgIpc) is 2.51. The van der Waals surface area contributed by atoms with Crippen molar-refractivity contribution in [3.05, 3.63) is 37.0 Å². The molecule has 0 saturated carbocycles. The van der Waals surface area contributed by atoms with Gasteiger partial charge in [0.15, 0.2) is 0 Å². The fourth-order valence-corrected chi connectivity index (χ4v) is 0.657. The summed E-state index contributed by atoms with van der Waals surface area (Å²) in [6, 6.07) is 0. The van der Waals surface area contributed by atoms with Gasteiger partial charge in [-0.15, -0.1) is 0 Å². The normalized spacial score (nSPS) is 8.12. The Morgan fingerprint density at radius 2 is 1.28 bits per heavy atom. The Morgan fingerprint density at radius 3 is 1.40 bits per heavy atom. The van der Waals surface area contributed by atoms with Gasteiger partial charge < -0.3 is 25.1 Å². The summed E-state index contributed by atoms with van der Waals surface area (Å²) in [5.41, 5.74) is 5.17. The van der Waals surface area contributed by atoms with Gasteiger partial charge in [-0.2, -0.15) is 0 Å². The van der Waals surface area contributed by atoms with Crippen LogP contribution < -0.4 is 5.73 Å². The second-order valence-corrected chi connectivity index (χ2v) is 4.13. The number of esters is 2. The molecule has 0 aromatic rings. The topological polar surface area (TPSA) is 142 Å². The van der Waals surface area contributed by atoms with Crippen molar-refractivity contribution in [2.45, 2.75) is 20.8 Å². The van der Waals surface area contributed by atoms with Crippen molar-refractivity contribution in [2.75, 3.05) is 19.8 Å². The van der Waals surface area contributed by atoms with Gasteiger partial charge in [0.05, 0.1) is 6.61 Å². The van der Waals surface area contributed by atoms with Crippen LogP contribution in [0.3, 0.4) is 0 Å². The third kappa shape index (κ3) is 26.1. The van der Waals surface area contributed by atoms with Gasteiger partial charge in [-0.3, -0.25) is 0 Å². The maximum Gasteiger partial charge on any atom is 0.404 e. The molecule has 0 aliphatic carbocycles. The van der Waals surface area contributed by atoms with E-state index in [9.17, 15) is 19.2 Å². The minimum atomic E-state index is -0.981. The molecule has 0 aromatic carbocycles. The molecule has 0 aliphatic rings. The van der Waals surface area contributed by atoms with Gasteiger partial charge >= 0.3 is 24.0 Å². The highest BCUT2D eigenvalue weighted by Gasteiger charge is 2.05. The minimum Gasteiger partial charge on any atom is -0.478 e. The van der Waals surface area contributed by atoms with E-state index in [1.165, 1.54) is 0 Å². The third-order valence-corrected chi connectivity index (χ3v) is 1.71. The van der Waals surface area contributed by atoms with Crippen LogP contribution in [0.5, 0.6) is 0 Å². The molecule has 9 heteroatoms. The standard InChI is InChI=1S/C10H14O4.C3H7NO2.C3H4O2/c1-7(2)9(11)13-5-6-14-10(12)8(3)4;1-2-6-3(4)5;1-2-3(4)5/h1,3,5-6H2,2,4H3;2H2,1H3,(H2,4,5);2H,1H2,(H,4,5). The van der Waals surface area contributed by atoms with E-state index in [4.69, 9.17) is 5.11 Å². The van der Waals surface area contributed by atoms with Crippen molar-refractivity contribution in [1.82, 2.24) is 0 Å². The van der Waals surface area contributed by atoms with E-state index in [-0.39, 0.29) is 13.2 Å². The molecule has 1 amide bonds. The lowest BCUT2D eigenvalue weighted by Gasteiger charge is -2.05. The highest BCUT2D eigenvalue weighted by molar-refractivity contribution is 5.87.